The van der Waals surface area contributed by atoms with Crippen molar-refractivity contribution in [3.05, 3.63) is 54.1 Å². The molecule has 2 aromatic carbocycles. The summed E-state index contributed by atoms with van der Waals surface area (Å²) in [7, 11) is 1.62. The summed E-state index contributed by atoms with van der Waals surface area (Å²) in [4.78, 5) is 27.5. The fourth-order valence-corrected chi connectivity index (χ4v) is 4.29. The van der Waals surface area contributed by atoms with Gasteiger partial charge in [0.15, 0.2) is 5.78 Å². The number of aromatic nitrogens is 3. The van der Waals surface area contributed by atoms with Gasteiger partial charge in [-0.3, -0.25) is 9.59 Å². The maximum Gasteiger partial charge on any atom is 0.227 e. The van der Waals surface area contributed by atoms with Gasteiger partial charge < -0.3 is 23.8 Å². The van der Waals surface area contributed by atoms with Crippen molar-refractivity contribution in [1.29, 1.82) is 0 Å². The Labute approximate surface area is 222 Å². The fraction of sp³-hybridized carbons (Fsp3) is 0.429. The second-order valence-corrected chi connectivity index (χ2v) is 8.84. The summed E-state index contributed by atoms with van der Waals surface area (Å²) < 4.78 is 21.0. The van der Waals surface area contributed by atoms with Crippen LogP contribution in [-0.4, -0.2) is 80.5 Å². The highest BCUT2D eigenvalue weighted by Crippen LogP contribution is 2.39. The first-order valence-electron chi connectivity index (χ1n) is 12.8. The number of carbonyl (C=O) groups excluding carboxylic acids is 2. The maximum atomic E-state index is 13.4. The molecule has 1 aromatic heterocycles. The third kappa shape index (κ3) is 7.32. The van der Waals surface area contributed by atoms with Crippen molar-refractivity contribution >= 4 is 17.4 Å². The molecule has 1 aliphatic heterocycles. The fourth-order valence-electron chi connectivity index (χ4n) is 4.29. The van der Waals surface area contributed by atoms with E-state index in [-0.39, 0.29) is 31.1 Å². The van der Waals surface area contributed by atoms with Gasteiger partial charge in [0.25, 0.3) is 0 Å². The summed E-state index contributed by atoms with van der Waals surface area (Å²) in [6.45, 7) is 3.18. The quantitative estimate of drug-likeness (QED) is 0.302. The number of hydrogen-bond donors (Lipinski definition) is 1. The molecule has 0 unspecified atom stereocenters. The molecule has 0 spiro atoms. The van der Waals surface area contributed by atoms with Gasteiger partial charge >= 0.3 is 0 Å². The number of fused-ring (bicyclic) bond motifs is 5. The molecule has 1 aliphatic rings. The highest BCUT2D eigenvalue weighted by molar-refractivity contribution is 6.00. The highest BCUT2D eigenvalue weighted by Gasteiger charge is 2.27. The lowest BCUT2D eigenvalue weighted by Crippen LogP contribution is -2.31. The highest BCUT2D eigenvalue weighted by atomic mass is 16.6. The van der Waals surface area contributed by atoms with Crippen molar-refractivity contribution in [1.82, 2.24) is 15.4 Å². The summed E-state index contributed by atoms with van der Waals surface area (Å²) in [6.07, 6.45) is 0.978. The molecule has 0 radical (unpaired) electrons. The Morgan fingerprint density at radius 2 is 1.45 bits per heavy atom. The number of benzene rings is 2. The predicted molar refractivity (Wildman–Crippen MR) is 142 cm³/mol. The van der Waals surface area contributed by atoms with Crippen LogP contribution in [0.15, 0.2) is 48.5 Å². The average Bonchev–Trinajstić information content (AvgIpc) is 3.41. The van der Waals surface area contributed by atoms with Gasteiger partial charge in [-0.25, -0.2) is 0 Å². The van der Waals surface area contributed by atoms with Crippen LogP contribution in [0.5, 0.6) is 0 Å². The van der Waals surface area contributed by atoms with Gasteiger partial charge in [-0.1, -0.05) is 42.5 Å². The minimum Gasteiger partial charge on any atom is -0.382 e. The lowest BCUT2D eigenvalue weighted by atomic mass is 9.95. The largest absolute Gasteiger partial charge is 0.382 e. The second-order valence-electron chi connectivity index (χ2n) is 8.84. The minimum absolute atomic E-state index is 0.0107. The zero-order valence-corrected chi connectivity index (χ0v) is 21.7. The predicted octanol–water partition coefficient (Wildman–Crippen LogP) is 3.42. The molecule has 0 atom stereocenters. The van der Waals surface area contributed by atoms with Gasteiger partial charge in [-0.15, -0.1) is 0 Å². The van der Waals surface area contributed by atoms with E-state index < -0.39 is 0 Å². The number of aromatic amines is 1. The van der Waals surface area contributed by atoms with Crippen LogP contribution < -0.4 is 4.90 Å². The summed E-state index contributed by atoms with van der Waals surface area (Å²) in [5, 5.41) is 11.5. The van der Waals surface area contributed by atoms with Crippen LogP contribution in [0.1, 0.15) is 24.8 Å². The molecule has 3 aromatic rings. The number of ketones is 1. The Kier molecular flexibility index (Phi) is 10.5. The van der Waals surface area contributed by atoms with Gasteiger partial charge in [0.05, 0.1) is 51.9 Å². The van der Waals surface area contributed by atoms with Crippen LogP contribution in [0.25, 0.3) is 22.5 Å². The van der Waals surface area contributed by atoms with E-state index in [1.807, 2.05) is 48.5 Å². The maximum absolute atomic E-state index is 13.4. The zero-order valence-electron chi connectivity index (χ0n) is 21.7. The normalized spacial score (nSPS) is 12.3. The lowest BCUT2D eigenvalue weighted by Gasteiger charge is -2.28. The monoisotopic (exact) mass is 522 g/mol. The number of H-pyrrole nitrogens is 1. The van der Waals surface area contributed by atoms with Crippen molar-refractivity contribution in [2.75, 3.05) is 58.3 Å². The number of nitrogens with one attached hydrogen (secondary N) is 1. The Morgan fingerprint density at radius 3 is 2.21 bits per heavy atom. The number of hydrogen-bond acceptors (Lipinski definition) is 8. The molecule has 2 heterocycles. The zero-order chi connectivity index (χ0) is 26.6. The number of amides is 1. The van der Waals surface area contributed by atoms with Crippen LogP contribution >= 0.6 is 0 Å². The summed E-state index contributed by atoms with van der Waals surface area (Å²) in [5.74, 6) is -0.0830. The number of carbonyl (C=O) groups is 2. The van der Waals surface area contributed by atoms with Crippen molar-refractivity contribution < 1.29 is 28.5 Å². The minimum atomic E-state index is -0.0472. The molecule has 1 amide bonds. The Hall–Kier alpha value is -3.44. The number of anilines is 1. The van der Waals surface area contributed by atoms with Crippen molar-refractivity contribution in [2.45, 2.75) is 25.8 Å². The molecular formula is C28H34N4O6. The Balaban J connectivity index is 1.26. The second kappa shape index (κ2) is 14.5. The molecule has 0 aliphatic carbocycles. The van der Waals surface area contributed by atoms with E-state index in [0.29, 0.717) is 58.3 Å². The molecule has 4 rings (SSSR count). The van der Waals surface area contributed by atoms with Crippen LogP contribution in [0.4, 0.5) is 5.69 Å². The summed E-state index contributed by atoms with van der Waals surface area (Å²) >= 11 is 0. The number of nitrogens with zero attached hydrogens (tertiary/aromatic N) is 3. The third-order valence-corrected chi connectivity index (χ3v) is 6.18. The molecule has 0 saturated carbocycles. The number of Topliss-reactive ketones (excluding diaryl/α,β-unsaturated/α-hetero) is 1. The number of ether oxygens (including phenoxy) is 4. The van der Waals surface area contributed by atoms with E-state index in [1.54, 1.807) is 12.0 Å². The van der Waals surface area contributed by atoms with Gasteiger partial charge in [0.2, 0.25) is 5.91 Å². The topological polar surface area (TPSA) is 116 Å². The first kappa shape index (κ1) is 27.6. The molecule has 0 bridgehead atoms. The van der Waals surface area contributed by atoms with Crippen LogP contribution in [0, 0.1) is 0 Å². The lowest BCUT2D eigenvalue weighted by molar-refractivity contribution is -0.124. The van der Waals surface area contributed by atoms with Crippen LogP contribution in [0.3, 0.4) is 0 Å². The standard InChI is InChI=1S/C28H34N4O6/c1-35-13-14-36-15-16-37-17-18-38-20-22(33)8-6-12-26(34)32-19-21-7-2-3-9-23(21)27-28(30-31-29-27)24-10-4-5-11-25(24)32/h2-5,7,9-11H,6,8,12-20H2,1H3,(H,29,30,31). The van der Waals surface area contributed by atoms with Crippen LogP contribution in [0.2, 0.25) is 0 Å². The first-order valence-corrected chi connectivity index (χ1v) is 12.8. The third-order valence-electron chi connectivity index (χ3n) is 6.18. The van der Waals surface area contributed by atoms with E-state index in [9.17, 15) is 9.59 Å². The van der Waals surface area contributed by atoms with Crippen molar-refractivity contribution in [2.24, 2.45) is 0 Å². The van der Waals surface area contributed by atoms with E-state index >= 15 is 0 Å². The smallest absolute Gasteiger partial charge is 0.227 e. The van der Waals surface area contributed by atoms with Gasteiger partial charge in [-0.2, -0.15) is 15.4 Å². The summed E-state index contributed by atoms with van der Waals surface area (Å²) in [5.41, 5.74) is 5.03. The number of methoxy groups -OCH3 is 1. The molecule has 202 valence electrons. The molecule has 10 heteroatoms. The van der Waals surface area contributed by atoms with Gasteiger partial charge in [-0.05, 0) is 18.1 Å². The molecule has 10 nitrogen and oxygen atoms in total. The van der Waals surface area contributed by atoms with Crippen molar-refractivity contribution in [3.63, 3.8) is 0 Å². The first-order chi connectivity index (χ1) is 18.7. The molecule has 0 saturated heterocycles. The van der Waals surface area contributed by atoms with E-state index in [1.165, 1.54) is 0 Å². The molecule has 38 heavy (non-hydrogen) atoms. The van der Waals surface area contributed by atoms with Gasteiger partial charge in [0.1, 0.15) is 18.0 Å². The van der Waals surface area contributed by atoms with Crippen molar-refractivity contribution in [3.8, 4) is 22.5 Å². The number of rotatable bonds is 15. The molecule has 1 N–H and O–H groups in total. The summed E-state index contributed by atoms with van der Waals surface area (Å²) in [6, 6.07) is 15.6. The Bertz CT molecular complexity index is 1200. The van der Waals surface area contributed by atoms with E-state index in [4.69, 9.17) is 18.9 Å². The van der Waals surface area contributed by atoms with Gasteiger partial charge in [0, 0.05) is 31.1 Å². The molecule has 0 fully saturated rings. The van der Waals surface area contributed by atoms with E-state index in [2.05, 4.69) is 15.4 Å². The SMILES string of the molecule is COCCOCCOCCOCC(=O)CCCC(=O)N1Cc2ccccc2-c2n[nH]nc2-c2ccccc21. The van der Waals surface area contributed by atoms with Crippen LogP contribution in [-0.2, 0) is 35.1 Å². The average molecular weight is 523 g/mol. The molecular weight excluding hydrogens is 488 g/mol. The Morgan fingerprint density at radius 1 is 0.816 bits per heavy atom. The van der Waals surface area contributed by atoms with E-state index in [0.717, 1.165) is 28.1 Å². The number of para-hydroxylation sites is 1.